The average Bonchev–Trinajstić information content (AvgIpc) is 2.88. The number of hydrogen-bond donors (Lipinski definition) is 0. The third-order valence-corrected chi connectivity index (χ3v) is 6.37. The number of allylic oxidation sites excluding steroid dienone is 4. The maximum absolute atomic E-state index is 13.8. The number of ether oxygens (including phenoxy) is 6. The maximum atomic E-state index is 13.8. The molecule has 7 heteroatoms. The van der Waals surface area contributed by atoms with Gasteiger partial charge in [0.25, 0.3) is 0 Å². The highest BCUT2D eigenvalue weighted by atomic mass is 16.5. The van der Waals surface area contributed by atoms with Crippen molar-refractivity contribution in [2.24, 2.45) is 0 Å². The Morgan fingerprint density at radius 3 is 1.81 bits per heavy atom. The molecule has 200 valence electrons. The van der Waals surface area contributed by atoms with Gasteiger partial charge in [-0.25, -0.2) is 0 Å². The van der Waals surface area contributed by atoms with Gasteiger partial charge in [0.2, 0.25) is 0 Å². The van der Waals surface area contributed by atoms with Gasteiger partial charge in [-0.05, 0) is 40.5 Å². The monoisotopic (exact) mass is 510 g/mol. The zero-order valence-electron chi connectivity index (χ0n) is 23.4. The minimum absolute atomic E-state index is 0.0809. The summed E-state index contributed by atoms with van der Waals surface area (Å²) in [7, 11) is 7.92. The molecule has 0 saturated carbocycles. The molecule has 2 aromatic carbocycles. The molecule has 0 N–H and O–H groups in total. The second-order valence-electron chi connectivity index (χ2n) is 9.38. The van der Waals surface area contributed by atoms with E-state index >= 15 is 0 Å². The quantitative estimate of drug-likeness (QED) is 0.340. The third-order valence-electron chi connectivity index (χ3n) is 6.37. The van der Waals surface area contributed by atoms with E-state index < -0.39 is 6.10 Å². The van der Waals surface area contributed by atoms with E-state index in [0.717, 1.165) is 22.3 Å². The van der Waals surface area contributed by atoms with Gasteiger partial charge in [-0.3, -0.25) is 4.79 Å². The second-order valence-corrected chi connectivity index (χ2v) is 9.38. The summed E-state index contributed by atoms with van der Waals surface area (Å²) in [5, 5.41) is 0. The standard InChI is InChI=1S/C30H38O7/c1-17(2)10-12-20-28(35-8)21(13-11-18(3)4)30-26(29(20)36-9)22(31)16-25(37-30)27-23(33-6)14-19(32-5)15-24(27)34-7/h10-11,14-15,25H,12-13,16H2,1-9H3. The lowest BCUT2D eigenvalue weighted by atomic mass is 9.88. The molecule has 3 rings (SSSR count). The summed E-state index contributed by atoms with van der Waals surface area (Å²) in [6.45, 7) is 8.15. The molecule has 0 spiro atoms. The summed E-state index contributed by atoms with van der Waals surface area (Å²) in [5.74, 6) is 3.15. The van der Waals surface area contributed by atoms with E-state index in [-0.39, 0.29) is 12.2 Å². The molecule has 0 fully saturated rings. The first-order valence-corrected chi connectivity index (χ1v) is 12.3. The number of methoxy groups -OCH3 is 5. The van der Waals surface area contributed by atoms with Crippen LogP contribution < -0.4 is 28.4 Å². The first kappa shape index (κ1) is 28.0. The highest BCUT2D eigenvalue weighted by Gasteiger charge is 2.38. The van der Waals surface area contributed by atoms with Crippen LogP contribution in [0.4, 0.5) is 0 Å². The Morgan fingerprint density at radius 1 is 0.811 bits per heavy atom. The molecule has 1 aliphatic rings. The number of benzene rings is 2. The first-order chi connectivity index (χ1) is 17.7. The van der Waals surface area contributed by atoms with Crippen molar-refractivity contribution in [2.45, 2.75) is 53.1 Å². The van der Waals surface area contributed by atoms with Crippen molar-refractivity contribution in [3.63, 3.8) is 0 Å². The molecular weight excluding hydrogens is 472 g/mol. The van der Waals surface area contributed by atoms with Crippen LogP contribution in [-0.2, 0) is 12.8 Å². The van der Waals surface area contributed by atoms with Crippen LogP contribution in [0.3, 0.4) is 0 Å². The Bertz CT molecular complexity index is 1190. The SMILES string of the molecule is COc1cc(OC)c(C2CC(=O)c3c(OC)c(CC=C(C)C)c(OC)c(CC=C(C)C)c3O2)c(OC)c1. The zero-order chi connectivity index (χ0) is 27.3. The van der Waals surface area contributed by atoms with E-state index in [1.165, 1.54) is 0 Å². The van der Waals surface area contributed by atoms with Crippen molar-refractivity contribution in [2.75, 3.05) is 35.5 Å². The van der Waals surface area contributed by atoms with Crippen molar-refractivity contribution in [3.8, 4) is 34.5 Å². The van der Waals surface area contributed by atoms with E-state index in [1.54, 1.807) is 47.7 Å². The zero-order valence-corrected chi connectivity index (χ0v) is 23.4. The molecule has 0 amide bonds. The van der Waals surface area contributed by atoms with Gasteiger partial charge < -0.3 is 28.4 Å². The lowest BCUT2D eigenvalue weighted by Gasteiger charge is -2.32. The Morgan fingerprint density at radius 2 is 1.35 bits per heavy atom. The molecule has 37 heavy (non-hydrogen) atoms. The van der Waals surface area contributed by atoms with E-state index in [2.05, 4.69) is 12.2 Å². The predicted molar refractivity (Wildman–Crippen MR) is 144 cm³/mol. The van der Waals surface area contributed by atoms with E-state index in [1.807, 2.05) is 27.7 Å². The molecule has 0 bridgehead atoms. The summed E-state index contributed by atoms with van der Waals surface area (Å²) >= 11 is 0. The largest absolute Gasteiger partial charge is 0.496 e. The fraction of sp³-hybridized carbons (Fsp3) is 0.433. The molecule has 2 aromatic rings. The minimum Gasteiger partial charge on any atom is -0.496 e. The molecule has 0 radical (unpaired) electrons. The number of hydrogen-bond acceptors (Lipinski definition) is 7. The molecule has 0 aliphatic carbocycles. The topological polar surface area (TPSA) is 72.5 Å². The average molecular weight is 511 g/mol. The molecule has 1 atom stereocenters. The van der Waals surface area contributed by atoms with E-state index in [9.17, 15) is 4.79 Å². The van der Waals surface area contributed by atoms with Gasteiger partial charge in [0.05, 0.1) is 47.5 Å². The fourth-order valence-electron chi connectivity index (χ4n) is 4.60. The second kappa shape index (κ2) is 12.1. The molecule has 1 unspecified atom stereocenters. The van der Waals surface area contributed by atoms with Crippen LogP contribution in [0.5, 0.6) is 34.5 Å². The smallest absolute Gasteiger partial charge is 0.174 e. The van der Waals surface area contributed by atoms with Crippen LogP contribution in [0, 0.1) is 0 Å². The Kier molecular flexibility index (Phi) is 9.14. The van der Waals surface area contributed by atoms with Gasteiger partial charge in [-0.1, -0.05) is 23.3 Å². The van der Waals surface area contributed by atoms with Crippen LogP contribution in [0.15, 0.2) is 35.4 Å². The van der Waals surface area contributed by atoms with Gasteiger partial charge >= 0.3 is 0 Å². The molecular formula is C30H38O7. The van der Waals surface area contributed by atoms with Crippen molar-refractivity contribution >= 4 is 5.78 Å². The normalized spacial score (nSPS) is 14.2. The highest BCUT2D eigenvalue weighted by molar-refractivity contribution is 6.04. The summed E-state index contributed by atoms with van der Waals surface area (Å²) in [6.07, 6.45) is 4.76. The van der Waals surface area contributed by atoms with Crippen molar-refractivity contribution < 1.29 is 33.2 Å². The molecule has 1 heterocycles. The number of Topliss-reactive ketones (excluding diaryl/α,β-unsaturated/α-hetero) is 1. The molecule has 0 aromatic heterocycles. The lowest BCUT2D eigenvalue weighted by Crippen LogP contribution is -2.24. The third kappa shape index (κ3) is 5.71. The lowest BCUT2D eigenvalue weighted by molar-refractivity contribution is 0.0834. The summed E-state index contributed by atoms with van der Waals surface area (Å²) in [5.41, 5.74) is 5.03. The number of fused-ring (bicyclic) bond motifs is 1. The van der Waals surface area contributed by atoms with Crippen molar-refractivity contribution in [1.82, 2.24) is 0 Å². The molecule has 0 saturated heterocycles. The van der Waals surface area contributed by atoms with Crippen molar-refractivity contribution in [1.29, 1.82) is 0 Å². The van der Waals surface area contributed by atoms with Gasteiger partial charge in [-0.15, -0.1) is 0 Å². The fourth-order valence-corrected chi connectivity index (χ4v) is 4.60. The molecule has 1 aliphatic heterocycles. The maximum Gasteiger partial charge on any atom is 0.174 e. The Labute approximate surface area is 220 Å². The number of ketones is 1. The number of rotatable bonds is 10. The van der Waals surface area contributed by atoms with Crippen LogP contribution in [0.25, 0.3) is 0 Å². The summed E-state index contributed by atoms with van der Waals surface area (Å²) in [4.78, 5) is 13.8. The van der Waals surface area contributed by atoms with Crippen LogP contribution in [-0.4, -0.2) is 41.3 Å². The predicted octanol–water partition coefficient (Wildman–Crippen LogP) is 6.45. The van der Waals surface area contributed by atoms with Gasteiger partial charge in [0, 0.05) is 23.3 Å². The number of carbonyl (C=O) groups excluding carboxylic acids is 1. The van der Waals surface area contributed by atoms with Crippen LogP contribution in [0.2, 0.25) is 0 Å². The van der Waals surface area contributed by atoms with Crippen LogP contribution in [0.1, 0.15) is 67.3 Å². The summed E-state index contributed by atoms with van der Waals surface area (Å²) < 4.78 is 35.2. The van der Waals surface area contributed by atoms with Gasteiger partial charge in [0.1, 0.15) is 46.2 Å². The van der Waals surface area contributed by atoms with Gasteiger partial charge in [-0.2, -0.15) is 0 Å². The van der Waals surface area contributed by atoms with Gasteiger partial charge in [0.15, 0.2) is 5.78 Å². The molecule has 7 nitrogen and oxygen atoms in total. The Hall–Kier alpha value is -3.61. The minimum atomic E-state index is -0.640. The van der Waals surface area contributed by atoms with Crippen molar-refractivity contribution in [3.05, 3.63) is 57.7 Å². The Balaban J connectivity index is 2.31. The highest BCUT2D eigenvalue weighted by Crippen LogP contribution is 2.51. The summed E-state index contributed by atoms with van der Waals surface area (Å²) in [6, 6.07) is 3.52. The number of carbonyl (C=O) groups is 1. The first-order valence-electron chi connectivity index (χ1n) is 12.3. The van der Waals surface area contributed by atoms with Crippen LogP contribution >= 0.6 is 0 Å². The van der Waals surface area contributed by atoms with E-state index in [0.29, 0.717) is 58.5 Å². The van der Waals surface area contributed by atoms with E-state index in [4.69, 9.17) is 28.4 Å².